The van der Waals surface area contributed by atoms with Crippen LogP contribution in [0.3, 0.4) is 0 Å². The Bertz CT molecular complexity index is 377. The highest BCUT2D eigenvalue weighted by atomic mass is 19.4. The van der Waals surface area contributed by atoms with Crippen LogP contribution in [0.5, 0.6) is 0 Å². The maximum Gasteiger partial charge on any atom is 0.416 e. The van der Waals surface area contributed by atoms with Crippen molar-refractivity contribution in [1.29, 1.82) is 0 Å². The maximum absolute atomic E-state index is 12.2. The van der Waals surface area contributed by atoms with Gasteiger partial charge in [-0.15, -0.1) is 0 Å². The molecule has 2 nitrogen and oxygen atoms in total. The summed E-state index contributed by atoms with van der Waals surface area (Å²) in [5.41, 5.74) is -0.167. The summed E-state index contributed by atoms with van der Waals surface area (Å²) < 4.78 is 36.5. The first-order chi connectivity index (χ1) is 6.95. The topological polar surface area (TPSA) is 29.4 Å². The van der Waals surface area contributed by atoms with Crippen LogP contribution in [0.25, 0.3) is 0 Å². The lowest BCUT2D eigenvalue weighted by Gasteiger charge is -2.08. The molecular weight excluding hydrogens is 207 g/mol. The van der Waals surface area contributed by atoms with Gasteiger partial charge in [0.05, 0.1) is 11.6 Å². The number of rotatable bonds is 2. The standard InChI is InChI=1S/C10H8F3NO/c1-7(14-6-15)8-2-4-9(5-3-8)10(11,12)13/h2-5,7H,1H3. The number of hydrogen-bond acceptors (Lipinski definition) is 2. The number of benzene rings is 1. The van der Waals surface area contributed by atoms with Crippen LogP contribution in [0.1, 0.15) is 24.1 Å². The fourth-order valence-corrected chi connectivity index (χ4v) is 1.10. The van der Waals surface area contributed by atoms with Crippen molar-refractivity contribution in [3.63, 3.8) is 0 Å². The van der Waals surface area contributed by atoms with Gasteiger partial charge in [0.25, 0.3) is 0 Å². The summed E-state index contributed by atoms with van der Waals surface area (Å²) in [6.45, 7) is 1.60. The van der Waals surface area contributed by atoms with Crippen molar-refractivity contribution >= 4 is 6.08 Å². The third-order valence-electron chi connectivity index (χ3n) is 1.97. The lowest BCUT2D eigenvalue weighted by atomic mass is 10.1. The van der Waals surface area contributed by atoms with Crippen molar-refractivity contribution in [3.8, 4) is 0 Å². The van der Waals surface area contributed by atoms with Crippen LogP contribution in [0.4, 0.5) is 13.2 Å². The summed E-state index contributed by atoms with van der Waals surface area (Å²) in [5, 5.41) is 0. The molecule has 0 N–H and O–H groups in total. The molecule has 0 aromatic heterocycles. The van der Waals surface area contributed by atoms with Crippen LogP contribution in [0.15, 0.2) is 29.3 Å². The van der Waals surface area contributed by atoms with E-state index in [0.717, 1.165) is 12.1 Å². The molecule has 0 aliphatic carbocycles. The van der Waals surface area contributed by atoms with E-state index in [1.807, 2.05) is 0 Å². The van der Waals surface area contributed by atoms with Crippen LogP contribution in [0, 0.1) is 0 Å². The molecule has 0 bridgehead atoms. The summed E-state index contributed by atoms with van der Waals surface area (Å²) in [7, 11) is 0. The van der Waals surface area contributed by atoms with Crippen LogP contribution in [-0.4, -0.2) is 6.08 Å². The Hall–Kier alpha value is -1.61. The number of nitrogens with zero attached hydrogens (tertiary/aromatic N) is 1. The first kappa shape index (κ1) is 11.5. The third-order valence-corrected chi connectivity index (χ3v) is 1.97. The van der Waals surface area contributed by atoms with Crippen molar-refractivity contribution in [2.75, 3.05) is 0 Å². The first-order valence-electron chi connectivity index (χ1n) is 4.19. The Labute approximate surface area is 84.4 Å². The van der Waals surface area contributed by atoms with Gasteiger partial charge in [0, 0.05) is 0 Å². The Morgan fingerprint density at radius 3 is 2.20 bits per heavy atom. The minimum Gasteiger partial charge on any atom is -0.211 e. The number of halogens is 3. The largest absolute Gasteiger partial charge is 0.416 e. The lowest BCUT2D eigenvalue weighted by Crippen LogP contribution is -2.04. The number of aliphatic imine (C=N–C) groups is 1. The van der Waals surface area contributed by atoms with E-state index in [0.29, 0.717) is 5.56 Å². The average Bonchev–Trinajstić information content (AvgIpc) is 2.17. The molecule has 1 aromatic carbocycles. The van der Waals surface area contributed by atoms with Gasteiger partial charge in [0.15, 0.2) is 0 Å². The van der Waals surface area contributed by atoms with Crippen molar-refractivity contribution in [1.82, 2.24) is 0 Å². The minimum absolute atomic E-state index is 0.468. The quantitative estimate of drug-likeness (QED) is 0.550. The number of carbonyl (C=O) groups excluding carboxylic acids is 1. The van der Waals surface area contributed by atoms with E-state index in [-0.39, 0.29) is 0 Å². The summed E-state index contributed by atoms with van der Waals surface area (Å²) in [6, 6.07) is 4.06. The second-order valence-corrected chi connectivity index (χ2v) is 3.02. The number of alkyl halides is 3. The Balaban J connectivity index is 2.95. The van der Waals surface area contributed by atoms with Crippen molar-refractivity contribution in [3.05, 3.63) is 35.4 Å². The Morgan fingerprint density at radius 2 is 1.80 bits per heavy atom. The van der Waals surface area contributed by atoms with Gasteiger partial charge in [-0.25, -0.2) is 4.79 Å². The molecule has 80 valence electrons. The molecule has 1 atom stereocenters. The molecular formula is C10H8F3NO. The van der Waals surface area contributed by atoms with Crippen molar-refractivity contribution < 1.29 is 18.0 Å². The maximum atomic E-state index is 12.2. The van der Waals surface area contributed by atoms with Gasteiger partial charge in [-0.05, 0) is 24.6 Å². The van der Waals surface area contributed by atoms with Crippen LogP contribution in [0.2, 0.25) is 0 Å². The van der Waals surface area contributed by atoms with Crippen molar-refractivity contribution in [2.45, 2.75) is 19.1 Å². The highest BCUT2D eigenvalue weighted by Crippen LogP contribution is 2.30. The molecule has 15 heavy (non-hydrogen) atoms. The molecule has 0 saturated carbocycles. The van der Waals surface area contributed by atoms with Gasteiger partial charge >= 0.3 is 6.18 Å². The predicted octanol–water partition coefficient (Wildman–Crippen LogP) is 3.10. The third kappa shape index (κ3) is 2.92. The van der Waals surface area contributed by atoms with Gasteiger partial charge in [-0.3, -0.25) is 0 Å². The summed E-state index contributed by atoms with van der Waals surface area (Å²) in [6.07, 6.45) is -2.97. The molecule has 0 aliphatic heterocycles. The highest BCUT2D eigenvalue weighted by molar-refractivity contribution is 5.36. The molecule has 0 amide bonds. The smallest absolute Gasteiger partial charge is 0.211 e. The van der Waals surface area contributed by atoms with E-state index in [1.54, 1.807) is 6.92 Å². The van der Waals surface area contributed by atoms with Gasteiger partial charge in [0.2, 0.25) is 6.08 Å². The molecule has 1 unspecified atom stereocenters. The molecule has 0 aliphatic rings. The molecule has 0 radical (unpaired) electrons. The second-order valence-electron chi connectivity index (χ2n) is 3.02. The Morgan fingerprint density at radius 1 is 1.27 bits per heavy atom. The van der Waals surface area contributed by atoms with E-state index >= 15 is 0 Å². The fourth-order valence-electron chi connectivity index (χ4n) is 1.10. The zero-order valence-corrected chi connectivity index (χ0v) is 7.88. The van der Waals surface area contributed by atoms with Gasteiger partial charge < -0.3 is 0 Å². The second kappa shape index (κ2) is 4.28. The van der Waals surface area contributed by atoms with E-state index in [1.165, 1.54) is 18.2 Å². The molecule has 0 heterocycles. The van der Waals surface area contributed by atoms with Crippen LogP contribution in [-0.2, 0) is 11.0 Å². The van der Waals surface area contributed by atoms with Gasteiger partial charge in [0.1, 0.15) is 0 Å². The van der Waals surface area contributed by atoms with E-state index in [2.05, 4.69) is 4.99 Å². The summed E-state index contributed by atoms with van der Waals surface area (Å²) >= 11 is 0. The van der Waals surface area contributed by atoms with E-state index in [4.69, 9.17) is 0 Å². The van der Waals surface area contributed by atoms with Crippen LogP contribution >= 0.6 is 0 Å². The molecule has 1 rings (SSSR count). The molecule has 5 heteroatoms. The predicted molar refractivity (Wildman–Crippen MR) is 48.0 cm³/mol. The number of isocyanates is 1. The summed E-state index contributed by atoms with van der Waals surface area (Å²) in [4.78, 5) is 13.3. The lowest BCUT2D eigenvalue weighted by molar-refractivity contribution is -0.137. The monoisotopic (exact) mass is 215 g/mol. The zero-order chi connectivity index (χ0) is 11.5. The van der Waals surface area contributed by atoms with Crippen LogP contribution < -0.4 is 0 Å². The SMILES string of the molecule is CC(N=C=O)c1ccc(C(F)(F)F)cc1. The van der Waals surface area contributed by atoms with E-state index in [9.17, 15) is 18.0 Å². The zero-order valence-electron chi connectivity index (χ0n) is 7.88. The van der Waals surface area contributed by atoms with Gasteiger partial charge in [-0.2, -0.15) is 18.2 Å². The minimum atomic E-state index is -4.34. The Kier molecular flexibility index (Phi) is 3.27. The fraction of sp³-hybridized carbons (Fsp3) is 0.300. The molecule has 0 saturated heterocycles. The first-order valence-corrected chi connectivity index (χ1v) is 4.19. The van der Waals surface area contributed by atoms with E-state index < -0.39 is 17.8 Å². The summed E-state index contributed by atoms with van der Waals surface area (Å²) in [5.74, 6) is 0. The highest BCUT2D eigenvalue weighted by Gasteiger charge is 2.30. The average molecular weight is 215 g/mol. The normalized spacial score (nSPS) is 13.1. The van der Waals surface area contributed by atoms with Crippen molar-refractivity contribution in [2.24, 2.45) is 4.99 Å². The molecule has 1 aromatic rings. The molecule has 0 fully saturated rings. The van der Waals surface area contributed by atoms with Gasteiger partial charge in [-0.1, -0.05) is 12.1 Å². The molecule has 0 spiro atoms. The number of hydrogen-bond donors (Lipinski definition) is 0.